The minimum atomic E-state index is -4.19. The Balaban J connectivity index is 1.58. The molecule has 0 atom stereocenters. The van der Waals surface area contributed by atoms with Gasteiger partial charge >= 0.3 is 0 Å². The van der Waals surface area contributed by atoms with Crippen LogP contribution in [-0.4, -0.2) is 37.9 Å². The van der Waals surface area contributed by atoms with Gasteiger partial charge in [-0.3, -0.25) is 4.79 Å². The molecule has 0 spiro atoms. The summed E-state index contributed by atoms with van der Waals surface area (Å²) in [5, 5.41) is 0.775. The van der Waals surface area contributed by atoms with Crippen LogP contribution in [-0.2, 0) is 23.1 Å². The van der Waals surface area contributed by atoms with Crippen molar-refractivity contribution in [1.29, 1.82) is 0 Å². The van der Waals surface area contributed by atoms with Crippen LogP contribution in [0, 0.1) is 0 Å². The number of amides is 1. The fourth-order valence-electron chi connectivity index (χ4n) is 3.48. The SMILES string of the molecule is CN(CCc1ccccc1)c1ncc(C(=O)NS(=O)(=O)c2cccc(Cl)c2)c(COc2ccc(Cl)cc2)n1. The average molecular weight is 571 g/mol. The number of nitrogens with one attached hydrogen (secondary N) is 1. The van der Waals surface area contributed by atoms with Gasteiger partial charge in [0.05, 0.1) is 16.2 Å². The highest BCUT2D eigenvalue weighted by Crippen LogP contribution is 2.20. The lowest BCUT2D eigenvalue weighted by molar-refractivity contribution is 0.0978. The van der Waals surface area contributed by atoms with Crippen molar-refractivity contribution in [2.45, 2.75) is 17.9 Å². The topological polar surface area (TPSA) is 101 Å². The second-order valence-corrected chi connectivity index (χ2v) is 10.9. The third kappa shape index (κ3) is 7.22. The number of ether oxygens (including phenoxy) is 1. The molecule has 0 fully saturated rings. The number of likely N-dealkylation sites (N-methyl/N-ethyl adjacent to an activating group) is 1. The minimum absolute atomic E-state index is 0.0372. The largest absolute Gasteiger partial charge is 0.487 e. The Kier molecular flexibility index (Phi) is 8.83. The summed E-state index contributed by atoms with van der Waals surface area (Å²) < 4.78 is 33.5. The van der Waals surface area contributed by atoms with E-state index in [4.69, 9.17) is 27.9 Å². The summed E-state index contributed by atoms with van der Waals surface area (Å²) >= 11 is 11.9. The minimum Gasteiger partial charge on any atom is -0.487 e. The second-order valence-electron chi connectivity index (χ2n) is 8.32. The first-order valence-electron chi connectivity index (χ1n) is 11.5. The van der Waals surface area contributed by atoms with Crippen molar-refractivity contribution in [3.63, 3.8) is 0 Å². The maximum atomic E-state index is 13.1. The van der Waals surface area contributed by atoms with Gasteiger partial charge in [0.25, 0.3) is 15.9 Å². The van der Waals surface area contributed by atoms with Crippen molar-refractivity contribution in [3.05, 3.63) is 112 Å². The molecule has 11 heteroatoms. The third-order valence-corrected chi connectivity index (χ3v) is 7.36. The van der Waals surface area contributed by atoms with Crippen LogP contribution < -0.4 is 14.4 Å². The molecular weight excluding hydrogens is 547 g/mol. The Bertz CT molecular complexity index is 1520. The highest BCUT2D eigenvalue weighted by Gasteiger charge is 2.23. The molecule has 3 aromatic carbocycles. The molecule has 4 rings (SSSR count). The molecule has 0 aliphatic carbocycles. The number of sulfonamides is 1. The first-order valence-corrected chi connectivity index (χ1v) is 13.8. The summed E-state index contributed by atoms with van der Waals surface area (Å²) in [6.07, 6.45) is 2.06. The number of aromatic nitrogens is 2. The highest BCUT2D eigenvalue weighted by atomic mass is 35.5. The van der Waals surface area contributed by atoms with Gasteiger partial charge in [0.1, 0.15) is 12.4 Å². The Morgan fingerprint density at radius 3 is 2.42 bits per heavy atom. The van der Waals surface area contributed by atoms with Crippen LogP contribution in [0.4, 0.5) is 5.95 Å². The number of anilines is 1. The lowest BCUT2D eigenvalue weighted by Gasteiger charge is -2.19. The molecule has 1 heterocycles. The molecule has 0 saturated carbocycles. The molecule has 0 aliphatic rings. The predicted octanol–water partition coefficient (Wildman–Crippen LogP) is 5.16. The molecule has 196 valence electrons. The van der Waals surface area contributed by atoms with Gasteiger partial charge in [-0.1, -0.05) is 59.6 Å². The number of nitrogens with zero attached hydrogens (tertiary/aromatic N) is 3. The van der Waals surface area contributed by atoms with E-state index < -0.39 is 15.9 Å². The fourth-order valence-corrected chi connectivity index (χ4v) is 4.88. The number of halogens is 2. The number of rotatable bonds is 10. The van der Waals surface area contributed by atoms with Crippen LogP contribution >= 0.6 is 23.2 Å². The fraction of sp³-hybridized carbons (Fsp3) is 0.148. The molecule has 0 radical (unpaired) electrons. The van der Waals surface area contributed by atoms with E-state index in [1.165, 1.54) is 30.5 Å². The van der Waals surface area contributed by atoms with Crippen LogP contribution in [0.3, 0.4) is 0 Å². The molecule has 0 unspecified atom stereocenters. The normalized spacial score (nSPS) is 11.1. The van der Waals surface area contributed by atoms with Crippen LogP contribution in [0.15, 0.2) is 90.0 Å². The summed E-state index contributed by atoms with van der Waals surface area (Å²) in [4.78, 5) is 23.7. The van der Waals surface area contributed by atoms with E-state index in [2.05, 4.69) is 14.7 Å². The van der Waals surface area contributed by atoms with E-state index in [9.17, 15) is 13.2 Å². The van der Waals surface area contributed by atoms with E-state index in [1.54, 1.807) is 24.3 Å². The van der Waals surface area contributed by atoms with Crippen molar-refractivity contribution >= 4 is 45.1 Å². The molecule has 0 aliphatic heterocycles. The van der Waals surface area contributed by atoms with Crippen LogP contribution in [0.1, 0.15) is 21.6 Å². The number of benzene rings is 3. The maximum Gasteiger partial charge on any atom is 0.268 e. The Morgan fingerprint density at radius 1 is 0.974 bits per heavy atom. The summed E-state index contributed by atoms with van der Waals surface area (Å²) in [7, 11) is -2.35. The molecule has 1 N–H and O–H groups in total. The van der Waals surface area contributed by atoms with Crippen LogP contribution in [0.2, 0.25) is 10.0 Å². The second kappa shape index (κ2) is 12.3. The first kappa shape index (κ1) is 27.4. The molecule has 38 heavy (non-hydrogen) atoms. The molecular formula is C27H24Cl2N4O4S. The Morgan fingerprint density at radius 2 is 1.71 bits per heavy atom. The Hall–Kier alpha value is -3.66. The first-order chi connectivity index (χ1) is 18.2. The monoisotopic (exact) mass is 570 g/mol. The lowest BCUT2D eigenvalue weighted by Crippen LogP contribution is -2.32. The summed E-state index contributed by atoms with van der Waals surface area (Å²) in [6.45, 7) is 0.514. The summed E-state index contributed by atoms with van der Waals surface area (Å²) in [5.41, 5.74) is 1.34. The molecule has 0 saturated heterocycles. The van der Waals surface area contributed by atoms with Gasteiger partial charge in [0, 0.05) is 29.8 Å². The zero-order valence-corrected chi connectivity index (χ0v) is 22.7. The zero-order chi connectivity index (χ0) is 27.1. The van der Waals surface area contributed by atoms with Crippen LogP contribution in [0.5, 0.6) is 5.75 Å². The molecule has 8 nitrogen and oxygen atoms in total. The smallest absolute Gasteiger partial charge is 0.268 e. The number of hydrogen-bond donors (Lipinski definition) is 1. The van der Waals surface area contributed by atoms with Gasteiger partial charge in [-0.05, 0) is 54.4 Å². The van der Waals surface area contributed by atoms with Crippen molar-refractivity contribution in [2.24, 2.45) is 0 Å². The van der Waals surface area contributed by atoms with Crippen LogP contribution in [0.25, 0.3) is 0 Å². The van der Waals surface area contributed by atoms with Gasteiger partial charge in [0.2, 0.25) is 5.95 Å². The maximum absolute atomic E-state index is 13.1. The molecule has 4 aromatic rings. The lowest BCUT2D eigenvalue weighted by atomic mass is 10.1. The number of hydrogen-bond acceptors (Lipinski definition) is 7. The van der Waals surface area contributed by atoms with E-state index in [0.29, 0.717) is 23.3 Å². The van der Waals surface area contributed by atoms with E-state index in [-0.39, 0.29) is 27.8 Å². The highest BCUT2D eigenvalue weighted by molar-refractivity contribution is 7.90. The molecule has 1 aromatic heterocycles. The van der Waals surface area contributed by atoms with E-state index >= 15 is 0 Å². The average Bonchev–Trinajstić information content (AvgIpc) is 2.91. The number of carbonyl (C=O) groups excluding carboxylic acids is 1. The van der Waals surface area contributed by atoms with E-state index in [1.807, 2.05) is 42.3 Å². The zero-order valence-electron chi connectivity index (χ0n) is 20.3. The number of carbonyl (C=O) groups is 1. The van der Waals surface area contributed by atoms with Gasteiger partial charge in [-0.2, -0.15) is 0 Å². The quantitative estimate of drug-likeness (QED) is 0.281. The van der Waals surface area contributed by atoms with Gasteiger partial charge < -0.3 is 9.64 Å². The standard InChI is InChI=1S/C27H24Cl2N4O4S/c1-33(15-14-19-6-3-2-4-7-19)27-30-17-24(25(31-27)18-37-22-12-10-20(28)11-13-22)26(34)32-38(35,36)23-9-5-8-21(29)16-23/h2-13,16-17H,14-15,18H2,1H3,(H,32,34). The van der Waals surface area contributed by atoms with Crippen molar-refractivity contribution in [1.82, 2.24) is 14.7 Å². The van der Waals surface area contributed by atoms with Gasteiger partial charge in [-0.25, -0.2) is 23.1 Å². The molecule has 1 amide bonds. The summed E-state index contributed by atoms with van der Waals surface area (Å²) in [6, 6.07) is 22.3. The van der Waals surface area contributed by atoms with Gasteiger partial charge in [-0.15, -0.1) is 0 Å². The Labute approximate surface area is 231 Å². The van der Waals surface area contributed by atoms with Crippen molar-refractivity contribution in [2.75, 3.05) is 18.5 Å². The van der Waals surface area contributed by atoms with Crippen molar-refractivity contribution in [3.8, 4) is 5.75 Å². The third-order valence-electron chi connectivity index (χ3n) is 5.54. The molecule has 0 bridgehead atoms. The van der Waals surface area contributed by atoms with E-state index in [0.717, 1.165) is 12.0 Å². The van der Waals surface area contributed by atoms with Crippen molar-refractivity contribution < 1.29 is 17.9 Å². The summed E-state index contributed by atoms with van der Waals surface area (Å²) in [5.74, 6) is -0.0204. The predicted molar refractivity (Wildman–Crippen MR) is 147 cm³/mol. The van der Waals surface area contributed by atoms with Gasteiger partial charge in [0.15, 0.2) is 0 Å².